The van der Waals surface area contributed by atoms with E-state index in [2.05, 4.69) is 15.9 Å². The molecule has 0 spiro atoms. The zero-order valence-corrected chi connectivity index (χ0v) is 10.3. The van der Waals surface area contributed by atoms with Crippen LogP contribution in [0, 0.1) is 11.3 Å². The molecule has 1 aliphatic rings. The molecule has 0 amide bonds. The van der Waals surface area contributed by atoms with Gasteiger partial charge in [-0.25, -0.2) is 0 Å². The number of carboxylic acids is 1. The summed E-state index contributed by atoms with van der Waals surface area (Å²) in [6, 6.07) is 7.91. The van der Waals surface area contributed by atoms with Crippen LogP contribution < -0.4 is 0 Å². The lowest BCUT2D eigenvalue weighted by atomic mass is 10.0. The van der Waals surface area contributed by atoms with Gasteiger partial charge in [0.05, 0.1) is 5.92 Å². The number of benzene rings is 1. The second-order valence-corrected chi connectivity index (χ2v) is 5.59. The molecule has 1 aromatic carbocycles. The van der Waals surface area contributed by atoms with Crippen molar-refractivity contribution < 1.29 is 9.90 Å². The normalized spacial score (nSPS) is 27.4. The first-order chi connectivity index (χ1) is 6.94. The topological polar surface area (TPSA) is 37.3 Å². The molecule has 0 aliphatic heterocycles. The molecule has 1 aromatic rings. The van der Waals surface area contributed by atoms with E-state index in [1.54, 1.807) is 0 Å². The van der Waals surface area contributed by atoms with Gasteiger partial charge in [0.15, 0.2) is 0 Å². The van der Waals surface area contributed by atoms with Gasteiger partial charge in [0, 0.05) is 10.4 Å². The molecular formula is C12H13BrO2. The zero-order chi connectivity index (χ0) is 11.2. The molecule has 1 aliphatic carbocycles. The highest BCUT2D eigenvalue weighted by Gasteiger charge is 2.62. The number of halogens is 1. The van der Waals surface area contributed by atoms with Crippen LogP contribution >= 0.6 is 15.9 Å². The quantitative estimate of drug-likeness (QED) is 0.894. The molecule has 3 heteroatoms. The summed E-state index contributed by atoms with van der Waals surface area (Å²) in [7, 11) is 0. The summed E-state index contributed by atoms with van der Waals surface area (Å²) in [6.45, 7) is 4.02. The van der Waals surface area contributed by atoms with Crippen molar-refractivity contribution in [3.63, 3.8) is 0 Å². The van der Waals surface area contributed by atoms with Gasteiger partial charge in [0.25, 0.3) is 0 Å². The van der Waals surface area contributed by atoms with E-state index in [-0.39, 0.29) is 17.3 Å². The number of aliphatic carboxylic acids is 1. The van der Waals surface area contributed by atoms with Crippen LogP contribution in [0.25, 0.3) is 0 Å². The maximum absolute atomic E-state index is 11.0. The maximum Gasteiger partial charge on any atom is 0.307 e. The van der Waals surface area contributed by atoms with Crippen molar-refractivity contribution in [2.24, 2.45) is 11.3 Å². The fourth-order valence-electron chi connectivity index (χ4n) is 2.42. The molecular weight excluding hydrogens is 256 g/mol. The molecule has 2 nitrogen and oxygen atoms in total. The van der Waals surface area contributed by atoms with Gasteiger partial charge in [0.1, 0.15) is 0 Å². The zero-order valence-electron chi connectivity index (χ0n) is 8.70. The molecule has 1 fully saturated rings. The minimum atomic E-state index is -0.690. The van der Waals surface area contributed by atoms with Crippen LogP contribution in [-0.2, 0) is 4.79 Å². The van der Waals surface area contributed by atoms with Crippen LogP contribution in [0.3, 0.4) is 0 Å². The van der Waals surface area contributed by atoms with Crippen molar-refractivity contribution in [3.8, 4) is 0 Å². The van der Waals surface area contributed by atoms with Gasteiger partial charge in [-0.3, -0.25) is 4.79 Å². The molecule has 0 radical (unpaired) electrons. The lowest BCUT2D eigenvalue weighted by Crippen LogP contribution is -2.03. The van der Waals surface area contributed by atoms with E-state index in [0.717, 1.165) is 10.0 Å². The van der Waals surface area contributed by atoms with Crippen molar-refractivity contribution in [2.75, 3.05) is 0 Å². The van der Waals surface area contributed by atoms with Crippen LogP contribution in [0.5, 0.6) is 0 Å². The average Bonchev–Trinajstić information content (AvgIpc) is 2.69. The average molecular weight is 269 g/mol. The SMILES string of the molecule is CC1(C)[C@H](C(=O)O)[C@H]1c1cccc(Br)c1. The van der Waals surface area contributed by atoms with Crippen molar-refractivity contribution in [1.29, 1.82) is 0 Å². The third-order valence-electron chi connectivity index (χ3n) is 3.30. The molecule has 0 heterocycles. The summed E-state index contributed by atoms with van der Waals surface area (Å²) in [5, 5.41) is 9.08. The highest BCUT2D eigenvalue weighted by molar-refractivity contribution is 9.10. The number of carbonyl (C=O) groups is 1. The molecule has 2 rings (SSSR count). The molecule has 1 N–H and O–H groups in total. The maximum atomic E-state index is 11.0. The Labute approximate surface area is 97.4 Å². The Morgan fingerprint density at radius 2 is 2.13 bits per heavy atom. The third-order valence-corrected chi connectivity index (χ3v) is 3.79. The first-order valence-electron chi connectivity index (χ1n) is 4.93. The van der Waals surface area contributed by atoms with E-state index in [1.807, 2.05) is 38.1 Å². The molecule has 0 unspecified atom stereocenters. The molecule has 2 atom stereocenters. The van der Waals surface area contributed by atoms with Crippen LogP contribution in [0.15, 0.2) is 28.7 Å². The van der Waals surface area contributed by atoms with Crippen LogP contribution in [-0.4, -0.2) is 11.1 Å². The predicted molar refractivity (Wildman–Crippen MR) is 61.8 cm³/mol. The first kappa shape index (κ1) is 10.7. The lowest BCUT2D eigenvalue weighted by molar-refractivity contribution is -0.139. The van der Waals surface area contributed by atoms with Crippen molar-refractivity contribution in [1.82, 2.24) is 0 Å². The summed E-state index contributed by atoms with van der Waals surface area (Å²) in [4.78, 5) is 11.0. The molecule has 15 heavy (non-hydrogen) atoms. The number of rotatable bonds is 2. The minimum Gasteiger partial charge on any atom is -0.481 e. The minimum absolute atomic E-state index is 0.118. The number of hydrogen-bond acceptors (Lipinski definition) is 1. The van der Waals surface area contributed by atoms with Crippen LogP contribution in [0.2, 0.25) is 0 Å². The van der Waals surface area contributed by atoms with Crippen LogP contribution in [0.4, 0.5) is 0 Å². The molecule has 1 saturated carbocycles. The Morgan fingerprint density at radius 1 is 1.47 bits per heavy atom. The van der Waals surface area contributed by atoms with E-state index < -0.39 is 5.97 Å². The van der Waals surface area contributed by atoms with E-state index >= 15 is 0 Å². The second kappa shape index (κ2) is 3.34. The van der Waals surface area contributed by atoms with Gasteiger partial charge in [-0.15, -0.1) is 0 Å². The Hall–Kier alpha value is -0.830. The largest absolute Gasteiger partial charge is 0.481 e. The summed E-state index contributed by atoms with van der Waals surface area (Å²) in [5.74, 6) is -0.788. The Kier molecular flexibility index (Phi) is 2.38. The van der Waals surface area contributed by atoms with Gasteiger partial charge >= 0.3 is 5.97 Å². The van der Waals surface area contributed by atoms with Crippen molar-refractivity contribution >= 4 is 21.9 Å². The Balaban J connectivity index is 2.31. The van der Waals surface area contributed by atoms with E-state index in [1.165, 1.54) is 0 Å². The highest BCUT2D eigenvalue weighted by atomic mass is 79.9. The molecule has 0 aromatic heterocycles. The van der Waals surface area contributed by atoms with Gasteiger partial charge in [-0.1, -0.05) is 41.9 Å². The van der Waals surface area contributed by atoms with Crippen LogP contribution in [0.1, 0.15) is 25.3 Å². The summed E-state index contributed by atoms with van der Waals surface area (Å²) >= 11 is 3.41. The van der Waals surface area contributed by atoms with Gasteiger partial charge in [0.2, 0.25) is 0 Å². The fourth-order valence-corrected chi connectivity index (χ4v) is 2.84. The number of hydrogen-bond donors (Lipinski definition) is 1. The highest BCUT2D eigenvalue weighted by Crippen LogP contribution is 2.64. The Bertz CT molecular complexity index is 412. The molecule has 0 bridgehead atoms. The van der Waals surface area contributed by atoms with Crippen molar-refractivity contribution in [3.05, 3.63) is 34.3 Å². The monoisotopic (exact) mass is 268 g/mol. The molecule has 0 saturated heterocycles. The predicted octanol–water partition coefficient (Wildman–Crippen LogP) is 3.27. The Morgan fingerprint density at radius 3 is 2.60 bits per heavy atom. The van der Waals surface area contributed by atoms with E-state index in [4.69, 9.17) is 5.11 Å². The molecule has 80 valence electrons. The van der Waals surface area contributed by atoms with Gasteiger partial charge in [-0.05, 0) is 23.1 Å². The smallest absolute Gasteiger partial charge is 0.307 e. The number of carboxylic acid groups (broad SMARTS) is 1. The van der Waals surface area contributed by atoms with Crippen molar-refractivity contribution in [2.45, 2.75) is 19.8 Å². The fraction of sp³-hybridized carbons (Fsp3) is 0.417. The summed E-state index contributed by atoms with van der Waals surface area (Å²) in [5.41, 5.74) is 0.994. The lowest BCUT2D eigenvalue weighted by Gasteiger charge is -2.02. The van der Waals surface area contributed by atoms with Gasteiger partial charge < -0.3 is 5.11 Å². The second-order valence-electron chi connectivity index (χ2n) is 4.67. The standard InChI is InChI=1S/C12H13BrO2/c1-12(2)9(10(12)11(14)15)7-4-3-5-8(13)6-7/h3-6,9-10H,1-2H3,(H,14,15)/t9-,10+/m1/s1. The van der Waals surface area contributed by atoms with E-state index in [9.17, 15) is 4.79 Å². The van der Waals surface area contributed by atoms with E-state index in [0.29, 0.717) is 0 Å². The summed E-state index contributed by atoms with van der Waals surface area (Å²) < 4.78 is 1.01. The van der Waals surface area contributed by atoms with Gasteiger partial charge in [-0.2, -0.15) is 0 Å². The summed E-state index contributed by atoms with van der Waals surface area (Å²) in [6.07, 6.45) is 0. The first-order valence-corrected chi connectivity index (χ1v) is 5.72. The third kappa shape index (κ3) is 1.69.